The molecule has 1 amide bonds. The molecule has 41 heavy (non-hydrogen) atoms. The Morgan fingerprint density at radius 3 is 2.41 bits per heavy atom. The number of carbonyl (C=O) groups excluding carboxylic acids is 5. The number of Topliss-reactive ketones (excluding diaryl/α,β-unsaturated/α-hetero) is 4. The standard InChI is InChI=1S/C30H33N3O8/c1-33(2)23-18-10-15-9-17-21(19(34)11-16(26(17)41-3)13-32-12-14-7-5-4-6-8-14)24(35)20(15)27(37)30(18,40)28(38)22(25(23)36)29(31)39/h4-8,11,15,18,20,22-23,32,34,40H,9-10,12-13H2,1-3H3,(H2,31,39)/t15-,18-,20?,22?,23-,30-/m0/s1. The number of hydrogen-bond acceptors (Lipinski definition) is 10. The molecular weight excluding hydrogens is 530 g/mol. The third-order valence-corrected chi connectivity index (χ3v) is 8.78. The van der Waals surface area contributed by atoms with Crippen molar-refractivity contribution in [2.45, 2.75) is 37.6 Å². The maximum absolute atomic E-state index is 13.9. The number of amides is 1. The molecule has 3 aliphatic carbocycles. The second-order valence-corrected chi connectivity index (χ2v) is 11.3. The Hall–Kier alpha value is -3.93. The van der Waals surface area contributed by atoms with Gasteiger partial charge in [-0.2, -0.15) is 0 Å². The first-order valence-electron chi connectivity index (χ1n) is 13.4. The number of benzene rings is 2. The van der Waals surface area contributed by atoms with E-state index in [-0.39, 0.29) is 24.2 Å². The summed E-state index contributed by atoms with van der Waals surface area (Å²) in [6, 6.07) is 9.99. The molecule has 11 nitrogen and oxygen atoms in total. The number of ketones is 4. The number of nitrogens with one attached hydrogen (secondary N) is 1. The SMILES string of the molecule is COc1c(CNCc2ccccc2)cc(O)c2c1C[C@H]1C[C@H]3[C@H](N(C)C)C(=O)C(C(N)=O)C(=O)[C@@]3(O)C(=O)C1C2=O. The zero-order valence-corrected chi connectivity index (χ0v) is 23.0. The van der Waals surface area contributed by atoms with Gasteiger partial charge in [0.1, 0.15) is 11.5 Å². The Morgan fingerprint density at radius 2 is 1.80 bits per heavy atom. The van der Waals surface area contributed by atoms with Crippen molar-refractivity contribution < 1.29 is 38.9 Å². The molecule has 5 N–H and O–H groups in total. The molecule has 0 saturated heterocycles. The molecule has 0 spiro atoms. The van der Waals surface area contributed by atoms with Crippen molar-refractivity contribution >= 4 is 29.0 Å². The van der Waals surface area contributed by atoms with Crippen LogP contribution in [-0.4, -0.2) is 77.0 Å². The van der Waals surface area contributed by atoms with E-state index in [1.165, 1.54) is 18.1 Å². The molecule has 6 atom stereocenters. The first-order valence-corrected chi connectivity index (χ1v) is 13.4. The summed E-state index contributed by atoms with van der Waals surface area (Å²) in [5.74, 6) is -10.4. The van der Waals surface area contributed by atoms with Crippen LogP contribution in [0.25, 0.3) is 0 Å². The number of nitrogens with zero attached hydrogens (tertiary/aromatic N) is 1. The van der Waals surface area contributed by atoms with Crippen LogP contribution in [0.3, 0.4) is 0 Å². The van der Waals surface area contributed by atoms with Crippen molar-refractivity contribution in [1.29, 1.82) is 0 Å². The lowest BCUT2D eigenvalue weighted by molar-refractivity contribution is -0.181. The minimum atomic E-state index is -2.75. The van der Waals surface area contributed by atoms with E-state index in [0.29, 0.717) is 30.0 Å². The Morgan fingerprint density at radius 1 is 1.12 bits per heavy atom. The number of phenols is 1. The van der Waals surface area contributed by atoms with Gasteiger partial charge in [0.05, 0.1) is 24.6 Å². The smallest absolute Gasteiger partial charge is 0.235 e. The summed E-state index contributed by atoms with van der Waals surface area (Å²) in [5.41, 5.74) is 4.61. The highest BCUT2D eigenvalue weighted by atomic mass is 16.5. The van der Waals surface area contributed by atoms with Gasteiger partial charge in [-0.05, 0) is 44.5 Å². The number of rotatable bonds is 7. The molecule has 0 aliphatic heterocycles. The van der Waals surface area contributed by atoms with E-state index in [1.807, 2.05) is 30.3 Å². The monoisotopic (exact) mass is 563 g/mol. The van der Waals surface area contributed by atoms with Crippen LogP contribution in [0.1, 0.15) is 33.5 Å². The molecule has 0 bridgehead atoms. The number of aliphatic hydroxyl groups is 1. The van der Waals surface area contributed by atoms with Crippen molar-refractivity contribution in [2.24, 2.45) is 29.4 Å². The van der Waals surface area contributed by atoms with Gasteiger partial charge in [-0.15, -0.1) is 0 Å². The summed E-state index contributed by atoms with van der Waals surface area (Å²) < 4.78 is 5.71. The number of phenolic OH excluding ortho intramolecular Hbond substituents is 1. The van der Waals surface area contributed by atoms with E-state index in [2.05, 4.69) is 5.32 Å². The van der Waals surface area contributed by atoms with Gasteiger partial charge in [0.25, 0.3) is 0 Å². The van der Waals surface area contributed by atoms with Gasteiger partial charge in [0.15, 0.2) is 34.7 Å². The fraction of sp³-hybridized carbons (Fsp3) is 0.433. The number of primary amides is 1. The highest BCUT2D eigenvalue weighted by Crippen LogP contribution is 2.52. The molecule has 2 aromatic rings. The van der Waals surface area contributed by atoms with Crippen molar-refractivity contribution in [2.75, 3.05) is 21.2 Å². The minimum absolute atomic E-state index is 0.0235. The number of ether oxygens (including phenoxy) is 1. The molecule has 0 aromatic heterocycles. The van der Waals surface area contributed by atoms with E-state index in [9.17, 15) is 34.2 Å². The lowest BCUT2D eigenvalue weighted by atomic mass is 9.52. The van der Waals surface area contributed by atoms with Crippen molar-refractivity contribution in [3.63, 3.8) is 0 Å². The van der Waals surface area contributed by atoms with Crippen molar-refractivity contribution in [3.8, 4) is 11.5 Å². The largest absolute Gasteiger partial charge is 0.507 e. The Labute approximate surface area is 236 Å². The van der Waals surface area contributed by atoms with E-state index in [0.717, 1.165) is 5.56 Å². The maximum Gasteiger partial charge on any atom is 0.235 e. The first-order chi connectivity index (χ1) is 19.4. The Balaban J connectivity index is 1.53. The highest BCUT2D eigenvalue weighted by Gasteiger charge is 2.69. The molecule has 5 rings (SSSR count). The van der Waals surface area contributed by atoms with Crippen LogP contribution in [0.15, 0.2) is 36.4 Å². The van der Waals surface area contributed by atoms with Crippen LogP contribution in [0, 0.1) is 23.7 Å². The molecule has 2 unspecified atom stereocenters. The summed E-state index contributed by atoms with van der Waals surface area (Å²) >= 11 is 0. The van der Waals surface area contributed by atoms with Crippen LogP contribution in [-0.2, 0) is 38.7 Å². The predicted molar refractivity (Wildman–Crippen MR) is 145 cm³/mol. The summed E-state index contributed by atoms with van der Waals surface area (Å²) in [6.45, 7) is 0.878. The molecule has 2 aromatic carbocycles. The zero-order valence-electron chi connectivity index (χ0n) is 23.0. The lowest BCUT2D eigenvalue weighted by Crippen LogP contribution is -2.74. The van der Waals surface area contributed by atoms with Gasteiger partial charge in [0, 0.05) is 30.1 Å². The second-order valence-electron chi connectivity index (χ2n) is 11.3. The number of nitrogens with two attached hydrogens (primary N) is 1. The van der Waals surface area contributed by atoms with E-state index >= 15 is 0 Å². The molecule has 3 aliphatic rings. The number of likely N-dealkylation sites (N-methyl/N-ethyl adjacent to an activating group) is 1. The highest BCUT2D eigenvalue weighted by molar-refractivity contribution is 6.32. The number of hydrogen-bond donors (Lipinski definition) is 4. The fourth-order valence-electron chi connectivity index (χ4n) is 7.04. The van der Waals surface area contributed by atoms with E-state index in [4.69, 9.17) is 10.5 Å². The molecule has 0 heterocycles. The van der Waals surface area contributed by atoms with Crippen LogP contribution < -0.4 is 15.8 Å². The van der Waals surface area contributed by atoms with E-state index in [1.54, 1.807) is 14.1 Å². The van der Waals surface area contributed by atoms with Crippen LogP contribution >= 0.6 is 0 Å². The number of methoxy groups -OCH3 is 1. The maximum atomic E-state index is 13.9. The fourth-order valence-corrected chi connectivity index (χ4v) is 7.04. The molecule has 216 valence electrons. The minimum Gasteiger partial charge on any atom is -0.507 e. The van der Waals surface area contributed by atoms with Crippen molar-refractivity contribution in [1.82, 2.24) is 10.2 Å². The van der Waals surface area contributed by atoms with E-state index < -0.39 is 64.4 Å². The third kappa shape index (κ3) is 4.35. The predicted octanol–water partition coefficient (Wildman–Crippen LogP) is 0.165. The van der Waals surface area contributed by atoms with Gasteiger partial charge in [-0.25, -0.2) is 0 Å². The molecule has 0 radical (unpaired) electrons. The quantitative estimate of drug-likeness (QED) is 0.340. The zero-order chi connectivity index (χ0) is 29.8. The third-order valence-electron chi connectivity index (χ3n) is 8.78. The molecule has 11 heteroatoms. The summed E-state index contributed by atoms with van der Waals surface area (Å²) in [6.07, 6.45) is 0.111. The molecule has 2 fully saturated rings. The summed E-state index contributed by atoms with van der Waals surface area (Å²) in [4.78, 5) is 67.9. The van der Waals surface area contributed by atoms with Gasteiger partial charge in [0.2, 0.25) is 5.91 Å². The average Bonchev–Trinajstić information content (AvgIpc) is 2.91. The lowest BCUT2D eigenvalue weighted by Gasteiger charge is -2.52. The van der Waals surface area contributed by atoms with Crippen molar-refractivity contribution in [3.05, 3.63) is 58.7 Å². The van der Waals surface area contributed by atoms with Gasteiger partial charge < -0.3 is 26.0 Å². The summed E-state index contributed by atoms with van der Waals surface area (Å²) in [7, 11) is 4.55. The first kappa shape index (κ1) is 28.6. The van der Waals surface area contributed by atoms with Crippen LogP contribution in [0.4, 0.5) is 0 Å². The van der Waals surface area contributed by atoms with Crippen LogP contribution in [0.2, 0.25) is 0 Å². The average molecular weight is 564 g/mol. The molecular formula is C30H33N3O8. The van der Waals surface area contributed by atoms with Gasteiger partial charge >= 0.3 is 0 Å². The Kier molecular flexibility index (Phi) is 7.31. The Bertz CT molecular complexity index is 1460. The summed E-state index contributed by atoms with van der Waals surface area (Å²) in [5, 5.41) is 25.9. The number of fused-ring (bicyclic) bond motifs is 3. The molecule has 2 saturated carbocycles. The van der Waals surface area contributed by atoms with Gasteiger partial charge in [-0.1, -0.05) is 30.3 Å². The normalized spacial score (nSPS) is 29.1. The topological polar surface area (TPSA) is 176 Å². The van der Waals surface area contributed by atoms with Gasteiger partial charge in [-0.3, -0.25) is 28.9 Å². The number of carbonyl (C=O) groups is 5. The second kappa shape index (κ2) is 10.5. The number of aromatic hydroxyl groups is 1. The van der Waals surface area contributed by atoms with Crippen LogP contribution in [0.5, 0.6) is 11.5 Å².